The number of methoxy groups -OCH3 is 2. The maximum atomic E-state index is 13.4. The second-order valence-corrected chi connectivity index (χ2v) is 9.31. The zero-order valence-electron chi connectivity index (χ0n) is 20.6. The van der Waals surface area contributed by atoms with Crippen LogP contribution in [-0.4, -0.2) is 56.0 Å². The van der Waals surface area contributed by atoms with Crippen molar-refractivity contribution in [3.05, 3.63) is 82.8 Å². The van der Waals surface area contributed by atoms with Gasteiger partial charge in [-0.05, 0) is 60.5 Å². The monoisotopic (exact) mass is 566 g/mol. The van der Waals surface area contributed by atoms with Crippen molar-refractivity contribution in [1.82, 2.24) is 4.90 Å². The Kier molecular flexibility index (Phi) is 8.45. The third-order valence-electron chi connectivity index (χ3n) is 6.10. The van der Waals surface area contributed by atoms with E-state index in [9.17, 15) is 14.4 Å². The van der Waals surface area contributed by atoms with Crippen LogP contribution >= 0.6 is 15.9 Å². The van der Waals surface area contributed by atoms with E-state index in [4.69, 9.17) is 14.2 Å². The lowest BCUT2D eigenvalue weighted by Gasteiger charge is -2.28. The smallest absolute Gasteiger partial charge is 0.261 e. The van der Waals surface area contributed by atoms with E-state index in [0.29, 0.717) is 29.4 Å². The predicted molar refractivity (Wildman–Crippen MR) is 142 cm³/mol. The third-order valence-corrected chi connectivity index (χ3v) is 6.63. The Labute approximate surface area is 223 Å². The quantitative estimate of drug-likeness (QED) is 0.341. The van der Waals surface area contributed by atoms with Crippen LogP contribution in [0.4, 0.5) is 5.69 Å². The summed E-state index contributed by atoms with van der Waals surface area (Å²) in [4.78, 5) is 42.3. The average Bonchev–Trinajstić information content (AvgIpc) is 3.21. The van der Waals surface area contributed by atoms with Gasteiger partial charge < -0.3 is 19.1 Å². The molecule has 37 heavy (non-hydrogen) atoms. The summed E-state index contributed by atoms with van der Waals surface area (Å²) in [7, 11) is 3.11. The molecule has 1 atom stereocenters. The number of hydrogen-bond acceptors (Lipinski definition) is 6. The summed E-state index contributed by atoms with van der Waals surface area (Å²) >= 11 is 3.36. The molecule has 3 amide bonds. The molecule has 0 aliphatic carbocycles. The highest BCUT2D eigenvalue weighted by atomic mass is 79.9. The number of carbonyl (C=O) groups excluding carboxylic acids is 3. The van der Waals surface area contributed by atoms with Gasteiger partial charge in [0.15, 0.2) is 18.1 Å². The molecule has 1 saturated heterocycles. The van der Waals surface area contributed by atoms with Gasteiger partial charge in [-0.15, -0.1) is 0 Å². The molecule has 0 aromatic heterocycles. The minimum atomic E-state index is -0.928. The molecular formula is C28H27BrN2O6. The van der Waals surface area contributed by atoms with Crippen LogP contribution in [-0.2, 0) is 20.8 Å². The minimum Gasteiger partial charge on any atom is -0.493 e. The molecule has 0 spiro atoms. The molecule has 4 rings (SSSR count). The van der Waals surface area contributed by atoms with E-state index < -0.39 is 11.9 Å². The molecule has 1 fully saturated rings. The molecule has 1 aliphatic heterocycles. The van der Waals surface area contributed by atoms with Gasteiger partial charge in [0.1, 0.15) is 11.8 Å². The molecule has 0 bridgehead atoms. The molecule has 3 aromatic carbocycles. The Morgan fingerprint density at radius 1 is 0.973 bits per heavy atom. The first kappa shape index (κ1) is 26.2. The SMILES string of the molecule is COc1ccc(CCN(C(=O)COc2ccccc2)C2CC(=O)N(c3ccc(Br)cc3)C2=O)cc1OC. The lowest BCUT2D eigenvalue weighted by molar-refractivity contribution is -0.140. The van der Waals surface area contributed by atoms with E-state index in [1.165, 1.54) is 4.90 Å². The second kappa shape index (κ2) is 11.9. The van der Waals surface area contributed by atoms with Gasteiger partial charge in [0, 0.05) is 11.0 Å². The summed E-state index contributed by atoms with van der Waals surface area (Å²) in [6.07, 6.45) is 0.339. The maximum Gasteiger partial charge on any atom is 0.261 e. The Bertz CT molecular complexity index is 1270. The number of anilines is 1. The molecule has 1 unspecified atom stereocenters. The fourth-order valence-corrected chi connectivity index (χ4v) is 4.47. The van der Waals surface area contributed by atoms with Crippen molar-refractivity contribution in [2.24, 2.45) is 0 Å². The van der Waals surface area contributed by atoms with Crippen molar-refractivity contribution in [2.45, 2.75) is 18.9 Å². The predicted octanol–water partition coefficient (Wildman–Crippen LogP) is 4.25. The molecule has 3 aromatic rings. The zero-order valence-corrected chi connectivity index (χ0v) is 22.1. The lowest BCUT2D eigenvalue weighted by Crippen LogP contribution is -2.48. The molecule has 1 heterocycles. The van der Waals surface area contributed by atoms with Crippen LogP contribution in [0.5, 0.6) is 17.2 Å². The van der Waals surface area contributed by atoms with Gasteiger partial charge in [-0.3, -0.25) is 14.4 Å². The van der Waals surface area contributed by atoms with Crippen molar-refractivity contribution >= 4 is 39.3 Å². The lowest BCUT2D eigenvalue weighted by atomic mass is 10.1. The molecule has 0 radical (unpaired) electrons. The molecular weight excluding hydrogens is 540 g/mol. The molecule has 0 saturated carbocycles. The highest BCUT2D eigenvalue weighted by Crippen LogP contribution is 2.29. The molecule has 8 nitrogen and oxygen atoms in total. The van der Waals surface area contributed by atoms with Gasteiger partial charge in [-0.1, -0.05) is 40.2 Å². The standard InChI is InChI=1S/C28H27BrN2O6/c1-35-24-13-8-19(16-25(24)36-2)14-15-30(27(33)18-37-22-6-4-3-5-7-22)23-17-26(32)31(28(23)34)21-11-9-20(29)10-12-21/h3-13,16,23H,14-15,17-18H2,1-2H3. The number of para-hydroxylation sites is 1. The summed E-state index contributed by atoms with van der Waals surface area (Å²) in [6.45, 7) is -0.0451. The van der Waals surface area contributed by atoms with Crippen molar-refractivity contribution in [3.8, 4) is 17.2 Å². The Hall–Kier alpha value is -3.85. The van der Waals surface area contributed by atoms with Crippen LogP contribution in [0.25, 0.3) is 0 Å². The fourth-order valence-electron chi connectivity index (χ4n) is 4.21. The van der Waals surface area contributed by atoms with E-state index in [-0.39, 0.29) is 31.4 Å². The topological polar surface area (TPSA) is 85.4 Å². The van der Waals surface area contributed by atoms with E-state index in [0.717, 1.165) is 14.9 Å². The van der Waals surface area contributed by atoms with Gasteiger partial charge in [-0.2, -0.15) is 0 Å². The number of hydrogen-bond donors (Lipinski definition) is 0. The van der Waals surface area contributed by atoms with E-state index >= 15 is 0 Å². The van der Waals surface area contributed by atoms with Crippen LogP contribution in [0.3, 0.4) is 0 Å². The fraction of sp³-hybridized carbons (Fsp3) is 0.250. The van der Waals surface area contributed by atoms with Crippen LogP contribution in [0.2, 0.25) is 0 Å². The number of imide groups is 1. The number of halogens is 1. The van der Waals surface area contributed by atoms with Crippen molar-refractivity contribution in [3.63, 3.8) is 0 Å². The van der Waals surface area contributed by atoms with Crippen molar-refractivity contribution in [2.75, 3.05) is 32.3 Å². The molecule has 1 aliphatic rings. The van der Waals surface area contributed by atoms with Gasteiger partial charge in [0.2, 0.25) is 5.91 Å². The first-order valence-electron chi connectivity index (χ1n) is 11.7. The summed E-state index contributed by atoms with van der Waals surface area (Å²) in [5.41, 5.74) is 1.36. The average molecular weight is 567 g/mol. The van der Waals surface area contributed by atoms with E-state index in [1.807, 2.05) is 30.3 Å². The number of benzene rings is 3. The van der Waals surface area contributed by atoms with Gasteiger partial charge in [-0.25, -0.2) is 4.90 Å². The molecule has 9 heteroatoms. The normalized spacial score (nSPS) is 15.0. The zero-order chi connectivity index (χ0) is 26.4. The van der Waals surface area contributed by atoms with Crippen LogP contribution in [0, 0.1) is 0 Å². The highest BCUT2D eigenvalue weighted by molar-refractivity contribution is 9.10. The summed E-state index contributed by atoms with van der Waals surface area (Å²) < 4.78 is 17.2. The number of amides is 3. The van der Waals surface area contributed by atoms with Crippen LogP contribution in [0.15, 0.2) is 77.3 Å². The van der Waals surface area contributed by atoms with Gasteiger partial charge >= 0.3 is 0 Å². The Morgan fingerprint density at radius 2 is 1.68 bits per heavy atom. The summed E-state index contributed by atoms with van der Waals surface area (Å²) in [6, 6.07) is 20.4. The van der Waals surface area contributed by atoms with Crippen molar-refractivity contribution in [1.29, 1.82) is 0 Å². The van der Waals surface area contributed by atoms with Crippen LogP contribution < -0.4 is 19.1 Å². The van der Waals surface area contributed by atoms with Gasteiger partial charge in [0.05, 0.1) is 26.3 Å². The largest absolute Gasteiger partial charge is 0.493 e. The number of carbonyl (C=O) groups is 3. The third kappa shape index (κ3) is 6.11. The first-order chi connectivity index (χ1) is 17.9. The summed E-state index contributed by atoms with van der Waals surface area (Å²) in [5, 5.41) is 0. The minimum absolute atomic E-state index is 0.0993. The number of rotatable bonds is 10. The summed E-state index contributed by atoms with van der Waals surface area (Å²) in [5.74, 6) is 0.531. The van der Waals surface area contributed by atoms with Crippen molar-refractivity contribution < 1.29 is 28.6 Å². The van der Waals surface area contributed by atoms with E-state index in [1.54, 1.807) is 56.7 Å². The maximum absolute atomic E-state index is 13.4. The Balaban J connectivity index is 1.55. The molecule has 192 valence electrons. The Morgan fingerprint density at radius 3 is 2.35 bits per heavy atom. The van der Waals surface area contributed by atoms with Crippen LogP contribution in [0.1, 0.15) is 12.0 Å². The molecule has 0 N–H and O–H groups in total. The highest BCUT2D eigenvalue weighted by Gasteiger charge is 2.44. The van der Waals surface area contributed by atoms with E-state index in [2.05, 4.69) is 15.9 Å². The first-order valence-corrected chi connectivity index (χ1v) is 12.5. The van der Waals surface area contributed by atoms with Gasteiger partial charge in [0.25, 0.3) is 11.8 Å². The number of ether oxygens (including phenoxy) is 3. The number of nitrogens with zero attached hydrogens (tertiary/aromatic N) is 2. The second-order valence-electron chi connectivity index (χ2n) is 8.39.